The van der Waals surface area contributed by atoms with E-state index in [2.05, 4.69) is 32.1 Å². The molecule has 6 nitrogen and oxygen atoms in total. The van der Waals surface area contributed by atoms with Gasteiger partial charge in [0, 0.05) is 4.47 Å². The van der Waals surface area contributed by atoms with Gasteiger partial charge in [0.05, 0.1) is 18.6 Å². The average molecular weight is 464 g/mol. The van der Waals surface area contributed by atoms with Gasteiger partial charge in [0.15, 0.2) is 5.11 Å². The van der Waals surface area contributed by atoms with E-state index in [1.807, 2.05) is 44.2 Å². The van der Waals surface area contributed by atoms with Gasteiger partial charge in [-0.3, -0.25) is 25.8 Å². The molecule has 0 saturated carbocycles. The summed E-state index contributed by atoms with van der Waals surface area (Å²) < 4.78 is 6.45. The number of nitrogens with one attached hydrogen (secondary N) is 3. The molecule has 148 valence electrons. The van der Waals surface area contributed by atoms with Gasteiger partial charge in [-0.25, -0.2) is 0 Å². The van der Waals surface area contributed by atoms with Crippen molar-refractivity contribution in [1.29, 1.82) is 0 Å². The van der Waals surface area contributed by atoms with Gasteiger partial charge < -0.3 is 4.74 Å². The van der Waals surface area contributed by atoms with Crippen LogP contribution in [-0.4, -0.2) is 23.5 Å². The third kappa shape index (κ3) is 7.28. The number of carbonyl (C=O) groups excluding carboxylic acids is 2. The molecule has 2 rings (SSSR count). The lowest BCUT2D eigenvalue weighted by molar-refractivity contribution is -0.121. The normalized spacial score (nSPS) is 10.3. The van der Waals surface area contributed by atoms with Crippen molar-refractivity contribution in [2.45, 2.75) is 20.3 Å². The second-order valence-electron chi connectivity index (χ2n) is 6.46. The van der Waals surface area contributed by atoms with Crippen LogP contribution >= 0.6 is 28.1 Å². The highest BCUT2D eigenvalue weighted by molar-refractivity contribution is 9.10. The molecule has 0 spiro atoms. The van der Waals surface area contributed by atoms with Crippen molar-refractivity contribution in [3.05, 3.63) is 64.1 Å². The highest BCUT2D eigenvalue weighted by Gasteiger charge is 2.15. The lowest BCUT2D eigenvalue weighted by atomic mass is 10.1. The van der Waals surface area contributed by atoms with E-state index in [0.717, 1.165) is 10.0 Å². The fourth-order valence-corrected chi connectivity index (χ4v) is 2.72. The minimum absolute atomic E-state index is 0.0128. The first kappa shape index (κ1) is 21.8. The zero-order valence-corrected chi connectivity index (χ0v) is 18.0. The number of hydrogen-bond donors (Lipinski definition) is 3. The van der Waals surface area contributed by atoms with Crippen LogP contribution in [0.2, 0.25) is 0 Å². The van der Waals surface area contributed by atoms with Crippen molar-refractivity contribution in [1.82, 2.24) is 16.2 Å². The Bertz CT molecular complexity index is 844. The number of hydrogen-bond acceptors (Lipinski definition) is 4. The molecule has 0 bridgehead atoms. The van der Waals surface area contributed by atoms with E-state index in [1.165, 1.54) is 0 Å². The van der Waals surface area contributed by atoms with E-state index in [4.69, 9.17) is 17.0 Å². The molecule has 2 aromatic carbocycles. The van der Waals surface area contributed by atoms with E-state index in [0.29, 0.717) is 23.8 Å². The molecule has 0 fully saturated rings. The fourth-order valence-electron chi connectivity index (χ4n) is 2.22. The quantitative estimate of drug-likeness (QED) is 0.452. The SMILES string of the molecule is CC(C)COc1ccc(Br)cc1C(=O)NC(=S)NNC(=O)Cc1ccccc1. The molecule has 8 heteroatoms. The molecular formula is C20H22BrN3O3S. The Hall–Kier alpha value is -2.45. The summed E-state index contributed by atoms with van der Waals surface area (Å²) in [4.78, 5) is 24.5. The van der Waals surface area contributed by atoms with E-state index in [1.54, 1.807) is 18.2 Å². The second kappa shape index (κ2) is 10.8. The van der Waals surface area contributed by atoms with Crippen LogP contribution in [0, 0.1) is 5.92 Å². The van der Waals surface area contributed by atoms with Crippen LogP contribution in [0.4, 0.5) is 0 Å². The number of ether oxygens (including phenoxy) is 1. The lowest BCUT2D eigenvalue weighted by Crippen LogP contribution is -2.48. The molecule has 0 radical (unpaired) electrons. The first-order chi connectivity index (χ1) is 13.3. The molecule has 0 aliphatic carbocycles. The Morgan fingerprint density at radius 2 is 1.82 bits per heavy atom. The molecule has 2 aromatic rings. The zero-order chi connectivity index (χ0) is 20.5. The second-order valence-corrected chi connectivity index (χ2v) is 7.79. The highest BCUT2D eigenvalue weighted by Crippen LogP contribution is 2.23. The number of hydrazine groups is 1. The summed E-state index contributed by atoms with van der Waals surface area (Å²) in [6.07, 6.45) is 0.198. The summed E-state index contributed by atoms with van der Waals surface area (Å²) in [6.45, 7) is 4.53. The van der Waals surface area contributed by atoms with Crippen LogP contribution in [0.5, 0.6) is 5.75 Å². The third-order valence-corrected chi connectivity index (χ3v) is 4.21. The first-order valence-electron chi connectivity index (χ1n) is 8.71. The van der Waals surface area contributed by atoms with E-state index >= 15 is 0 Å². The minimum atomic E-state index is -0.435. The molecule has 0 heterocycles. The van der Waals surface area contributed by atoms with Crippen molar-refractivity contribution in [2.75, 3.05) is 6.61 Å². The summed E-state index contributed by atoms with van der Waals surface area (Å²) >= 11 is 8.44. The average Bonchev–Trinajstić information content (AvgIpc) is 2.66. The number of amides is 2. The van der Waals surface area contributed by atoms with Gasteiger partial charge in [0.2, 0.25) is 5.91 Å². The molecular weight excluding hydrogens is 442 g/mol. The summed E-state index contributed by atoms with van der Waals surface area (Å²) in [5, 5.41) is 2.52. The van der Waals surface area contributed by atoms with Crippen molar-refractivity contribution in [2.24, 2.45) is 5.92 Å². The Kier molecular flexibility index (Phi) is 8.41. The Balaban J connectivity index is 1.90. The fraction of sp³-hybridized carbons (Fsp3) is 0.250. The molecule has 0 aromatic heterocycles. The molecule has 0 aliphatic heterocycles. The van der Waals surface area contributed by atoms with E-state index in [-0.39, 0.29) is 17.4 Å². The van der Waals surface area contributed by atoms with E-state index < -0.39 is 5.91 Å². The first-order valence-corrected chi connectivity index (χ1v) is 9.91. The minimum Gasteiger partial charge on any atom is -0.492 e. The van der Waals surface area contributed by atoms with Crippen LogP contribution in [0.15, 0.2) is 53.0 Å². The lowest BCUT2D eigenvalue weighted by Gasteiger charge is -2.15. The van der Waals surface area contributed by atoms with Crippen molar-refractivity contribution in [3.8, 4) is 5.75 Å². The Labute approximate surface area is 178 Å². The van der Waals surface area contributed by atoms with Gasteiger partial charge in [-0.1, -0.05) is 60.1 Å². The maximum Gasteiger partial charge on any atom is 0.261 e. The van der Waals surface area contributed by atoms with Crippen molar-refractivity contribution in [3.63, 3.8) is 0 Å². The number of carbonyl (C=O) groups is 2. The molecule has 0 atom stereocenters. The van der Waals surface area contributed by atoms with Gasteiger partial charge >= 0.3 is 0 Å². The topological polar surface area (TPSA) is 79.5 Å². The van der Waals surface area contributed by atoms with Crippen LogP contribution in [0.1, 0.15) is 29.8 Å². The highest BCUT2D eigenvalue weighted by atomic mass is 79.9. The molecule has 0 unspecified atom stereocenters. The molecule has 0 aliphatic rings. The Morgan fingerprint density at radius 1 is 1.11 bits per heavy atom. The van der Waals surface area contributed by atoms with Crippen LogP contribution < -0.4 is 20.9 Å². The monoisotopic (exact) mass is 463 g/mol. The number of halogens is 1. The van der Waals surface area contributed by atoms with Gasteiger partial charge in [-0.05, 0) is 41.9 Å². The standard InChI is InChI=1S/C20H22BrN3O3S/c1-13(2)12-27-17-9-8-15(21)11-16(17)19(26)22-20(28)24-23-18(25)10-14-6-4-3-5-7-14/h3-9,11,13H,10,12H2,1-2H3,(H,23,25)(H2,22,24,26,28). The zero-order valence-electron chi connectivity index (χ0n) is 15.6. The number of benzene rings is 2. The molecule has 0 saturated heterocycles. The van der Waals surface area contributed by atoms with Crippen LogP contribution in [0.25, 0.3) is 0 Å². The molecule has 3 N–H and O–H groups in total. The van der Waals surface area contributed by atoms with Crippen molar-refractivity contribution >= 4 is 45.1 Å². The third-order valence-electron chi connectivity index (χ3n) is 3.51. The summed E-state index contributed by atoms with van der Waals surface area (Å²) in [7, 11) is 0. The van der Waals surface area contributed by atoms with Gasteiger partial charge in [-0.15, -0.1) is 0 Å². The number of rotatable bonds is 6. The van der Waals surface area contributed by atoms with Crippen molar-refractivity contribution < 1.29 is 14.3 Å². The summed E-state index contributed by atoms with van der Waals surface area (Å²) in [5.74, 6) is 0.0773. The van der Waals surface area contributed by atoms with Crippen LogP contribution in [0.3, 0.4) is 0 Å². The maximum atomic E-state index is 12.6. The summed E-state index contributed by atoms with van der Waals surface area (Å²) in [6, 6.07) is 14.5. The predicted molar refractivity (Wildman–Crippen MR) is 116 cm³/mol. The maximum absolute atomic E-state index is 12.6. The van der Waals surface area contributed by atoms with Gasteiger partial charge in [-0.2, -0.15) is 0 Å². The number of thiocarbonyl (C=S) groups is 1. The van der Waals surface area contributed by atoms with Gasteiger partial charge in [0.1, 0.15) is 5.75 Å². The van der Waals surface area contributed by atoms with Crippen LogP contribution in [-0.2, 0) is 11.2 Å². The van der Waals surface area contributed by atoms with E-state index in [9.17, 15) is 9.59 Å². The smallest absolute Gasteiger partial charge is 0.261 e. The molecule has 28 heavy (non-hydrogen) atoms. The molecule has 2 amide bonds. The summed E-state index contributed by atoms with van der Waals surface area (Å²) in [5.41, 5.74) is 6.22. The Morgan fingerprint density at radius 3 is 2.50 bits per heavy atom. The van der Waals surface area contributed by atoms with Gasteiger partial charge in [0.25, 0.3) is 5.91 Å². The largest absolute Gasteiger partial charge is 0.492 e. The predicted octanol–water partition coefficient (Wildman–Crippen LogP) is 3.36.